The predicted molar refractivity (Wildman–Crippen MR) is 111 cm³/mol. The summed E-state index contributed by atoms with van der Waals surface area (Å²) in [7, 11) is 0. The Kier molecular flexibility index (Phi) is 14.5. The zero-order valence-electron chi connectivity index (χ0n) is 16.2. The van der Waals surface area contributed by atoms with Crippen molar-refractivity contribution in [3.63, 3.8) is 0 Å². The monoisotopic (exact) mass is 456 g/mol. The molecule has 3 heteroatoms. The minimum absolute atomic E-state index is 0. The second-order valence-electron chi connectivity index (χ2n) is 6.24. The molecule has 1 nitrogen and oxygen atoms in total. The van der Waals surface area contributed by atoms with E-state index in [9.17, 15) is 5.11 Å². The van der Waals surface area contributed by atoms with E-state index in [0.29, 0.717) is 0 Å². The first-order valence-corrected chi connectivity index (χ1v) is 9.27. The van der Waals surface area contributed by atoms with E-state index >= 15 is 0 Å². The Morgan fingerprint density at radius 1 is 0.714 bits per heavy atom. The van der Waals surface area contributed by atoms with Crippen LogP contribution in [0.15, 0.2) is 109 Å². The minimum Gasteiger partial charge on any atom is -0.748 e. The Bertz CT molecular complexity index is 641. The van der Waals surface area contributed by atoms with Crippen LogP contribution in [0, 0.1) is 0 Å². The normalized spacial score (nSPS) is 9.64. The summed E-state index contributed by atoms with van der Waals surface area (Å²) in [5.74, 6) is 0. The maximum absolute atomic E-state index is 10.9. The van der Waals surface area contributed by atoms with Crippen molar-refractivity contribution in [2.45, 2.75) is 31.8 Å². The Morgan fingerprint density at radius 3 is 1.39 bits per heavy atom. The molecule has 4 aromatic rings. The third kappa shape index (κ3) is 8.61. The molecule has 1 N–H and O–H groups in total. The number of rotatable bonds is 5. The first-order chi connectivity index (χ1) is 12.8. The third-order valence-electron chi connectivity index (χ3n) is 4.28. The summed E-state index contributed by atoms with van der Waals surface area (Å²) in [5, 5.41) is 10.9. The van der Waals surface area contributed by atoms with Crippen molar-refractivity contribution < 1.29 is 39.2 Å². The van der Waals surface area contributed by atoms with E-state index in [1.54, 1.807) is 0 Å². The second kappa shape index (κ2) is 15.3. The van der Waals surface area contributed by atoms with Gasteiger partial charge in [-0.15, -0.1) is 11.1 Å². The van der Waals surface area contributed by atoms with Crippen molar-refractivity contribution in [1.29, 1.82) is 0 Å². The van der Waals surface area contributed by atoms with Gasteiger partial charge in [0.1, 0.15) is 0 Å². The van der Waals surface area contributed by atoms with Gasteiger partial charge in [0.05, 0.1) is 0 Å². The van der Waals surface area contributed by atoms with Crippen molar-refractivity contribution in [3.05, 3.63) is 120 Å². The summed E-state index contributed by atoms with van der Waals surface area (Å²) in [4.78, 5) is 0. The van der Waals surface area contributed by atoms with E-state index in [2.05, 4.69) is 6.92 Å². The van der Waals surface area contributed by atoms with Crippen LogP contribution in [0.4, 0.5) is 0 Å². The Hall–Kier alpha value is -1.60. The molecule has 0 aliphatic rings. The zero-order chi connectivity index (χ0) is 18.5. The number of hydrogen-bond donors (Lipinski definition) is 1. The molecule has 0 heterocycles. The molecular formula is C25H28Fe2O-8. The molecule has 0 amide bonds. The van der Waals surface area contributed by atoms with Crippen LogP contribution < -0.4 is 0 Å². The summed E-state index contributed by atoms with van der Waals surface area (Å²) in [6.45, 7) is 2.15. The van der Waals surface area contributed by atoms with Gasteiger partial charge in [0, 0.05) is 39.7 Å². The van der Waals surface area contributed by atoms with Gasteiger partial charge >= 0.3 is 0 Å². The van der Waals surface area contributed by atoms with Gasteiger partial charge in [0.2, 0.25) is 0 Å². The van der Waals surface area contributed by atoms with Crippen molar-refractivity contribution in [1.82, 2.24) is 0 Å². The van der Waals surface area contributed by atoms with Gasteiger partial charge in [-0.25, -0.2) is 36.4 Å². The quantitative estimate of drug-likeness (QED) is 0.274. The van der Waals surface area contributed by atoms with Gasteiger partial charge in [0.15, 0.2) is 0 Å². The van der Waals surface area contributed by atoms with Crippen LogP contribution in [0.5, 0.6) is 0 Å². The molecule has 0 unspecified atom stereocenters. The molecule has 0 radical (unpaired) electrons. The van der Waals surface area contributed by atoms with Crippen LogP contribution in [-0.4, -0.2) is 5.11 Å². The van der Waals surface area contributed by atoms with Gasteiger partial charge in [-0.3, -0.25) is 0 Å². The molecule has 158 valence electrons. The van der Waals surface area contributed by atoms with Crippen LogP contribution in [0.2, 0.25) is 0 Å². The van der Waals surface area contributed by atoms with E-state index in [1.807, 2.05) is 109 Å². The van der Waals surface area contributed by atoms with Crippen LogP contribution in [0.1, 0.15) is 37.3 Å². The molecule has 0 bridgehead atoms. The molecule has 0 fully saturated rings. The van der Waals surface area contributed by atoms with Crippen molar-refractivity contribution in [3.8, 4) is 0 Å². The topological polar surface area (TPSA) is 20.2 Å². The average molecular weight is 456 g/mol. The molecule has 0 saturated heterocycles. The zero-order valence-corrected chi connectivity index (χ0v) is 18.4. The molecule has 0 saturated carbocycles. The standard InChI is InChI=1S/C15H18O.2C5H5.2Fe/c1-2-3-12-15(16,13-8-4-5-9-13)14-10-6-7-11-14;2*1-2-4-5-3-1;;/h4-11,16H,2-3,12H2,1H3;2*1-5H;;/q-2;-5;-1;;. The van der Waals surface area contributed by atoms with Crippen LogP contribution in [0.3, 0.4) is 0 Å². The number of aliphatic hydroxyl groups is 1. The molecule has 0 aliphatic carbocycles. The van der Waals surface area contributed by atoms with E-state index in [4.69, 9.17) is 0 Å². The van der Waals surface area contributed by atoms with Gasteiger partial charge in [-0.05, 0) is 6.42 Å². The summed E-state index contributed by atoms with van der Waals surface area (Å²) in [6, 6.07) is 35.9. The van der Waals surface area contributed by atoms with E-state index in [0.717, 1.165) is 30.4 Å². The molecule has 4 aromatic carbocycles. The molecular weight excluding hydrogens is 428 g/mol. The maximum Gasteiger partial charge on any atom is 0.0269 e. The van der Waals surface area contributed by atoms with Crippen LogP contribution in [0.25, 0.3) is 0 Å². The fourth-order valence-corrected chi connectivity index (χ4v) is 2.83. The SMILES string of the molecule is CCCCC(O)([c-]1cccc1)[c-]1cccc1.[Fe].[Fe].[cH-]1[cH-][cH-][cH-][cH-]1.c1cc[cH-]c1. The van der Waals surface area contributed by atoms with Crippen molar-refractivity contribution in [2.24, 2.45) is 0 Å². The second-order valence-corrected chi connectivity index (χ2v) is 6.24. The molecule has 4 rings (SSSR count). The summed E-state index contributed by atoms with van der Waals surface area (Å²) in [6.07, 6.45) is 2.92. The Morgan fingerprint density at radius 2 is 1.11 bits per heavy atom. The molecule has 0 atom stereocenters. The fraction of sp³-hybridized carbons (Fsp3) is 0.200. The van der Waals surface area contributed by atoms with E-state index < -0.39 is 5.60 Å². The Balaban J connectivity index is 0.000000500. The van der Waals surface area contributed by atoms with E-state index in [1.165, 1.54) is 0 Å². The van der Waals surface area contributed by atoms with Crippen molar-refractivity contribution >= 4 is 0 Å². The molecule has 28 heavy (non-hydrogen) atoms. The van der Waals surface area contributed by atoms with Crippen LogP contribution >= 0.6 is 0 Å². The smallest absolute Gasteiger partial charge is 0.0269 e. The van der Waals surface area contributed by atoms with E-state index in [-0.39, 0.29) is 34.1 Å². The van der Waals surface area contributed by atoms with Gasteiger partial charge in [-0.2, -0.15) is 42.5 Å². The first-order valence-electron chi connectivity index (χ1n) is 9.27. The number of unbranched alkanes of at least 4 members (excludes halogenated alkanes) is 1. The summed E-state index contributed by atoms with van der Waals surface area (Å²) >= 11 is 0. The Labute approximate surface area is 190 Å². The molecule has 0 aliphatic heterocycles. The van der Waals surface area contributed by atoms with Gasteiger partial charge in [-0.1, -0.05) is 19.8 Å². The van der Waals surface area contributed by atoms with Crippen LogP contribution in [-0.2, 0) is 39.7 Å². The van der Waals surface area contributed by atoms with Gasteiger partial charge < -0.3 is 35.4 Å². The average Bonchev–Trinajstić information content (AvgIpc) is 3.51. The largest absolute Gasteiger partial charge is 0.748 e. The maximum atomic E-state index is 10.9. The predicted octanol–water partition coefficient (Wildman–Crippen LogP) is 6.36. The number of hydrogen-bond acceptors (Lipinski definition) is 1. The van der Waals surface area contributed by atoms with Gasteiger partial charge in [0.25, 0.3) is 0 Å². The minimum atomic E-state index is -0.803. The molecule has 0 spiro atoms. The molecule has 0 aromatic heterocycles. The summed E-state index contributed by atoms with van der Waals surface area (Å²) < 4.78 is 0. The summed E-state index contributed by atoms with van der Waals surface area (Å²) in [5.41, 5.74) is 1.21. The first kappa shape index (κ1) is 26.4. The fourth-order valence-electron chi connectivity index (χ4n) is 2.83. The third-order valence-corrected chi connectivity index (χ3v) is 4.28. The van der Waals surface area contributed by atoms with Crippen molar-refractivity contribution in [2.75, 3.05) is 0 Å².